The molecule has 5 nitrogen and oxygen atoms in total. The first-order valence-corrected chi connectivity index (χ1v) is 9.62. The van der Waals surface area contributed by atoms with Crippen LogP contribution in [0.3, 0.4) is 0 Å². The zero-order valence-corrected chi connectivity index (χ0v) is 16.5. The highest BCUT2D eigenvalue weighted by atomic mass is 79.9. The number of nitrogens with zero attached hydrogens (tertiary/aromatic N) is 1. The van der Waals surface area contributed by atoms with Crippen LogP contribution in [0.2, 0.25) is 0 Å². The maximum absolute atomic E-state index is 12.5. The van der Waals surface area contributed by atoms with Crippen LogP contribution in [0.4, 0.5) is 14.5 Å². The second-order valence-corrected chi connectivity index (χ2v) is 7.38. The number of piperidine rings is 1. The SMILES string of the molecule is O=C(Nc1ccc(OC(F)F)cc1)C1CCN(C(=O)c2ccc(Br)cc2)CC1. The van der Waals surface area contributed by atoms with Crippen LogP contribution < -0.4 is 10.1 Å². The number of benzene rings is 2. The number of hydrogen-bond acceptors (Lipinski definition) is 3. The summed E-state index contributed by atoms with van der Waals surface area (Å²) in [6.45, 7) is -1.87. The summed E-state index contributed by atoms with van der Waals surface area (Å²) in [5.41, 5.74) is 1.14. The fourth-order valence-electron chi connectivity index (χ4n) is 3.08. The third kappa shape index (κ3) is 5.28. The van der Waals surface area contributed by atoms with Crippen molar-refractivity contribution in [1.82, 2.24) is 4.90 Å². The molecule has 0 aromatic heterocycles. The van der Waals surface area contributed by atoms with E-state index in [1.807, 2.05) is 12.1 Å². The Balaban J connectivity index is 1.50. The maximum atomic E-state index is 12.5. The highest BCUT2D eigenvalue weighted by Crippen LogP contribution is 2.23. The van der Waals surface area contributed by atoms with Crippen LogP contribution in [0.1, 0.15) is 23.2 Å². The van der Waals surface area contributed by atoms with Crippen molar-refractivity contribution < 1.29 is 23.1 Å². The van der Waals surface area contributed by atoms with Crippen molar-refractivity contribution in [1.29, 1.82) is 0 Å². The van der Waals surface area contributed by atoms with Crippen LogP contribution >= 0.6 is 15.9 Å². The van der Waals surface area contributed by atoms with Crippen molar-refractivity contribution in [2.75, 3.05) is 18.4 Å². The lowest BCUT2D eigenvalue weighted by Gasteiger charge is -2.31. The number of ether oxygens (including phenoxy) is 1. The number of nitrogens with one attached hydrogen (secondary N) is 1. The standard InChI is InChI=1S/C20H19BrF2N2O3/c21-15-3-1-14(2-4-15)19(27)25-11-9-13(10-12-25)18(26)24-16-5-7-17(8-6-16)28-20(22)23/h1-8,13,20H,9-12H2,(H,24,26). The zero-order valence-electron chi connectivity index (χ0n) is 14.9. The lowest BCUT2D eigenvalue weighted by Crippen LogP contribution is -2.41. The molecule has 0 bridgehead atoms. The first-order chi connectivity index (χ1) is 13.4. The van der Waals surface area contributed by atoms with E-state index >= 15 is 0 Å². The van der Waals surface area contributed by atoms with Gasteiger partial charge in [-0.2, -0.15) is 8.78 Å². The van der Waals surface area contributed by atoms with Gasteiger partial charge in [0.2, 0.25) is 5.91 Å². The van der Waals surface area contributed by atoms with E-state index < -0.39 is 6.61 Å². The zero-order chi connectivity index (χ0) is 20.1. The van der Waals surface area contributed by atoms with E-state index in [0.717, 1.165) is 4.47 Å². The molecule has 1 aliphatic rings. The van der Waals surface area contributed by atoms with E-state index in [1.165, 1.54) is 24.3 Å². The first kappa shape index (κ1) is 20.3. The Morgan fingerprint density at radius 1 is 1.04 bits per heavy atom. The molecule has 0 atom stereocenters. The molecule has 2 aromatic rings. The molecule has 1 N–H and O–H groups in total. The Kier molecular flexibility index (Phi) is 6.61. The Morgan fingerprint density at radius 2 is 1.64 bits per heavy atom. The Morgan fingerprint density at radius 3 is 2.21 bits per heavy atom. The van der Waals surface area contributed by atoms with Crippen LogP contribution in [0.5, 0.6) is 5.75 Å². The quantitative estimate of drug-likeness (QED) is 0.724. The predicted octanol–water partition coefficient (Wildman–Crippen LogP) is 4.54. The number of carbonyl (C=O) groups is 2. The van der Waals surface area contributed by atoms with E-state index in [1.54, 1.807) is 17.0 Å². The number of alkyl halides is 2. The number of likely N-dealkylation sites (tertiary alicyclic amines) is 1. The van der Waals surface area contributed by atoms with Gasteiger partial charge in [-0.15, -0.1) is 0 Å². The molecule has 1 fully saturated rings. The van der Waals surface area contributed by atoms with Gasteiger partial charge in [0.05, 0.1) is 0 Å². The van der Waals surface area contributed by atoms with Crippen molar-refractivity contribution >= 4 is 33.4 Å². The molecule has 0 radical (unpaired) electrons. The fraction of sp³-hybridized carbons (Fsp3) is 0.300. The number of hydrogen-bond donors (Lipinski definition) is 1. The summed E-state index contributed by atoms with van der Waals surface area (Å²) in [5, 5.41) is 2.78. The predicted molar refractivity (Wildman–Crippen MR) is 104 cm³/mol. The second kappa shape index (κ2) is 9.14. The highest BCUT2D eigenvalue weighted by molar-refractivity contribution is 9.10. The van der Waals surface area contributed by atoms with E-state index in [-0.39, 0.29) is 23.5 Å². The minimum Gasteiger partial charge on any atom is -0.435 e. The first-order valence-electron chi connectivity index (χ1n) is 8.83. The maximum Gasteiger partial charge on any atom is 0.387 e. The Hall–Kier alpha value is -2.48. The summed E-state index contributed by atoms with van der Waals surface area (Å²) in [4.78, 5) is 26.7. The average Bonchev–Trinajstić information content (AvgIpc) is 2.69. The van der Waals surface area contributed by atoms with Crippen LogP contribution in [0.15, 0.2) is 53.0 Å². The summed E-state index contributed by atoms with van der Waals surface area (Å²) < 4.78 is 29.5. The third-order valence-electron chi connectivity index (χ3n) is 4.59. The van der Waals surface area contributed by atoms with Crippen LogP contribution in [-0.4, -0.2) is 36.4 Å². The molecular formula is C20H19BrF2N2O3. The molecule has 28 heavy (non-hydrogen) atoms. The van der Waals surface area contributed by atoms with Gasteiger partial charge in [-0.1, -0.05) is 15.9 Å². The molecule has 1 heterocycles. The summed E-state index contributed by atoms with van der Waals surface area (Å²) >= 11 is 3.35. The van der Waals surface area contributed by atoms with E-state index in [9.17, 15) is 18.4 Å². The van der Waals surface area contributed by atoms with Crippen molar-refractivity contribution in [3.63, 3.8) is 0 Å². The number of carbonyl (C=O) groups excluding carboxylic acids is 2. The molecule has 1 saturated heterocycles. The van der Waals surface area contributed by atoms with Crippen molar-refractivity contribution in [3.05, 3.63) is 58.6 Å². The number of rotatable bonds is 5. The molecule has 2 amide bonds. The van der Waals surface area contributed by atoms with Crippen LogP contribution in [-0.2, 0) is 4.79 Å². The lowest BCUT2D eigenvalue weighted by atomic mass is 9.95. The van der Waals surface area contributed by atoms with Crippen molar-refractivity contribution in [2.24, 2.45) is 5.92 Å². The molecule has 1 aliphatic heterocycles. The van der Waals surface area contributed by atoms with Gasteiger partial charge in [0, 0.05) is 34.7 Å². The molecule has 0 aliphatic carbocycles. The largest absolute Gasteiger partial charge is 0.435 e. The van der Waals surface area contributed by atoms with Crippen molar-refractivity contribution in [3.8, 4) is 5.75 Å². The lowest BCUT2D eigenvalue weighted by molar-refractivity contribution is -0.121. The van der Waals surface area contributed by atoms with Crippen LogP contribution in [0, 0.1) is 5.92 Å². The smallest absolute Gasteiger partial charge is 0.387 e. The second-order valence-electron chi connectivity index (χ2n) is 6.47. The fourth-order valence-corrected chi connectivity index (χ4v) is 3.35. The average molecular weight is 453 g/mol. The number of anilines is 1. The molecule has 0 saturated carbocycles. The molecule has 8 heteroatoms. The third-order valence-corrected chi connectivity index (χ3v) is 5.12. The van der Waals surface area contributed by atoms with Gasteiger partial charge in [0.15, 0.2) is 0 Å². The van der Waals surface area contributed by atoms with Crippen molar-refractivity contribution in [2.45, 2.75) is 19.5 Å². The summed E-state index contributed by atoms with van der Waals surface area (Å²) in [6.07, 6.45) is 1.14. The van der Waals surface area contributed by atoms with Gasteiger partial charge in [-0.25, -0.2) is 0 Å². The van der Waals surface area contributed by atoms with E-state index in [0.29, 0.717) is 37.2 Å². The molecular weight excluding hydrogens is 434 g/mol. The van der Waals surface area contributed by atoms with Gasteiger partial charge in [0.1, 0.15) is 5.75 Å². The van der Waals surface area contributed by atoms with E-state index in [2.05, 4.69) is 26.0 Å². The summed E-state index contributed by atoms with van der Waals surface area (Å²) in [5.74, 6) is -0.349. The van der Waals surface area contributed by atoms with E-state index in [4.69, 9.17) is 0 Å². The summed E-state index contributed by atoms with van der Waals surface area (Å²) in [6, 6.07) is 13.0. The molecule has 148 valence electrons. The molecule has 2 aromatic carbocycles. The Labute approximate surface area is 169 Å². The monoisotopic (exact) mass is 452 g/mol. The number of halogens is 3. The highest BCUT2D eigenvalue weighted by Gasteiger charge is 2.27. The topological polar surface area (TPSA) is 58.6 Å². The van der Waals surface area contributed by atoms with Gasteiger partial charge >= 0.3 is 6.61 Å². The normalized spacial score (nSPS) is 14.8. The minimum atomic E-state index is -2.88. The van der Waals surface area contributed by atoms with Gasteiger partial charge in [-0.05, 0) is 61.4 Å². The summed E-state index contributed by atoms with van der Waals surface area (Å²) in [7, 11) is 0. The molecule has 3 rings (SSSR count). The number of amides is 2. The molecule has 0 unspecified atom stereocenters. The van der Waals surface area contributed by atoms with Crippen LogP contribution in [0.25, 0.3) is 0 Å². The molecule has 0 spiro atoms. The van der Waals surface area contributed by atoms with Gasteiger partial charge < -0.3 is 15.0 Å². The Bertz CT molecular complexity index is 820. The van der Waals surface area contributed by atoms with Gasteiger partial charge in [-0.3, -0.25) is 9.59 Å². The van der Waals surface area contributed by atoms with Gasteiger partial charge in [0.25, 0.3) is 5.91 Å². The minimum absolute atomic E-state index is 0.0350.